The average Bonchev–Trinajstić information content (AvgIpc) is 1.94. The third kappa shape index (κ3) is 1.99. The molecule has 1 fully saturated rings. The zero-order valence-corrected chi connectivity index (χ0v) is 8.85. The Bertz CT molecular complexity index is 154. The molecule has 0 spiro atoms. The van der Waals surface area contributed by atoms with Crippen LogP contribution in [0.4, 0.5) is 0 Å². The topological polar surface area (TPSA) is 21.3 Å². The quantitative estimate of drug-likeness (QED) is 0.651. The molecule has 2 nitrogen and oxygen atoms in total. The van der Waals surface area contributed by atoms with Crippen LogP contribution in [-0.4, -0.2) is 18.9 Å². The largest absolute Gasteiger partial charge is 0.360 e. The number of nitrogens with one attached hydrogen (secondary N) is 1. The van der Waals surface area contributed by atoms with Crippen molar-refractivity contribution in [2.24, 2.45) is 11.3 Å². The van der Waals surface area contributed by atoms with E-state index in [1.165, 1.54) is 0 Å². The van der Waals surface area contributed by atoms with Gasteiger partial charge in [0.2, 0.25) is 0 Å². The van der Waals surface area contributed by atoms with Crippen LogP contribution in [0.2, 0.25) is 0 Å². The van der Waals surface area contributed by atoms with Crippen LogP contribution >= 0.6 is 0 Å². The van der Waals surface area contributed by atoms with Gasteiger partial charge in [-0.25, -0.2) is 0 Å². The van der Waals surface area contributed by atoms with E-state index in [0.29, 0.717) is 12.0 Å². The fourth-order valence-electron chi connectivity index (χ4n) is 2.02. The van der Waals surface area contributed by atoms with Crippen molar-refractivity contribution in [1.29, 1.82) is 0 Å². The second kappa shape index (κ2) is 3.35. The summed E-state index contributed by atoms with van der Waals surface area (Å²) in [6, 6.07) is 0. The molecule has 0 saturated carbocycles. The lowest BCUT2D eigenvalue weighted by Gasteiger charge is -2.44. The lowest BCUT2D eigenvalue weighted by molar-refractivity contribution is -0.135. The van der Waals surface area contributed by atoms with E-state index < -0.39 is 0 Å². The average molecular weight is 171 g/mol. The van der Waals surface area contributed by atoms with Gasteiger partial charge in [0.15, 0.2) is 0 Å². The van der Waals surface area contributed by atoms with Crippen molar-refractivity contribution in [3.8, 4) is 0 Å². The standard InChI is InChI=1S/C10H21NO/c1-7(2)9-10(4,5)6-11-8(3)12-9/h7-9,11H,6H2,1-5H3. The maximum absolute atomic E-state index is 5.85. The molecule has 1 aliphatic rings. The molecule has 72 valence electrons. The summed E-state index contributed by atoms with van der Waals surface area (Å²) in [7, 11) is 0. The second-order valence-corrected chi connectivity index (χ2v) is 4.81. The predicted molar refractivity (Wildman–Crippen MR) is 51.0 cm³/mol. The van der Waals surface area contributed by atoms with Gasteiger partial charge in [0.1, 0.15) is 6.23 Å². The van der Waals surface area contributed by atoms with Crippen LogP contribution in [-0.2, 0) is 4.74 Å². The van der Waals surface area contributed by atoms with E-state index in [9.17, 15) is 0 Å². The minimum atomic E-state index is 0.213. The van der Waals surface area contributed by atoms with Gasteiger partial charge in [-0.1, -0.05) is 27.7 Å². The first-order valence-electron chi connectivity index (χ1n) is 4.82. The third-order valence-electron chi connectivity index (χ3n) is 2.57. The van der Waals surface area contributed by atoms with Crippen molar-refractivity contribution in [3.63, 3.8) is 0 Å². The summed E-state index contributed by atoms with van der Waals surface area (Å²) < 4.78 is 5.85. The van der Waals surface area contributed by atoms with Gasteiger partial charge in [0.25, 0.3) is 0 Å². The molecule has 0 aromatic heterocycles. The van der Waals surface area contributed by atoms with Gasteiger partial charge in [0, 0.05) is 12.0 Å². The van der Waals surface area contributed by atoms with Gasteiger partial charge in [-0.15, -0.1) is 0 Å². The smallest absolute Gasteiger partial charge is 0.105 e. The summed E-state index contributed by atoms with van der Waals surface area (Å²) in [6.45, 7) is 12.1. The van der Waals surface area contributed by atoms with Crippen molar-refractivity contribution in [2.75, 3.05) is 6.54 Å². The Balaban J connectivity index is 2.65. The SMILES string of the molecule is CC1NCC(C)(C)C(C(C)C)O1. The van der Waals surface area contributed by atoms with Crippen LogP contribution < -0.4 is 5.32 Å². The van der Waals surface area contributed by atoms with Crippen LogP contribution in [0, 0.1) is 11.3 Å². The molecule has 1 rings (SSSR count). The summed E-state index contributed by atoms with van der Waals surface area (Å²) in [5, 5.41) is 3.33. The highest BCUT2D eigenvalue weighted by Gasteiger charge is 2.37. The first-order valence-corrected chi connectivity index (χ1v) is 4.82. The van der Waals surface area contributed by atoms with Gasteiger partial charge in [0.05, 0.1) is 6.10 Å². The molecule has 1 heterocycles. The third-order valence-corrected chi connectivity index (χ3v) is 2.57. The molecular formula is C10H21NO. The van der Waals surface area contributed by atoms with Crippen LogP contribution in [0.1, 0.15) is 34.6 Å². The van der Waals surface area contributed by atoms with Gasteiger partial charge in [-0.3, -0.25) is 5.32 Å². The first kappa shape index (κ1) is 10.0. The normalized spacial score (nSPS) is 35.5. The predicted octanol–water partition coefficient (Wildman–Crippen LogP) is 2.00. The molecule has 0 amide bonds. The van der Waals surface area contributed by atoms with Crippen LogP contribution in [0.25, 0.3) is 0 Å². The molecule has 2 atom stereocenters. The summed E-state index contributed by atoms with van der Waals surface area (Å²) >= 11 is 0. The van der Waals surface area contributed by atoms with E-state index in [-0.39, 0.29) is 11.6 Å². The van der Waals surface area contributed by atoms with E-state index in [2.05, 4.69) is 39.9 Å². The van der Waals surface area contributed by atoms with Crippen molar-refractivity contribution >= 4 is 0 Å². The Hall–Kier alpha value is -0.0800. The highest BCUT2D eigenvalue weighted by molar-refractivity contribution is 4.87. The van der Waals surface area contributed by atoms with Crippen LogP contribution in [0.3, 0.4) is 0 Å². The molecule has 0 bridgehead atoms. The van der Waals surface area contributed by atoms with Gasteiger partial charge >= 0.3 is 0 Å². The van der Waals surface area contributed by atoms with Crippen LogP contribution in [0.15, 0.2) is 0 Å². The molecule has 2 unspecified atom stereocenters. The fourth-order valence-corrected chi connectivity index (χ4v) is 2.02. The van der Waals surface area contributed by atoms with Crippen LogP contribution in [0.5, 0.6) is 0 Å². The highest BCUT2D eigenvalue weighted by Crippen LogP contribution is 2.31. The molecular weight excluding hydrogens is 150 g/mol. The summed E-state index contributed by atoms with van der Waals surface area (Å²) in [6.07, 6.45) is 0.596. The van der Waals surface area contributed by atoms with Gasteiger partial charge < -0.3 is 4.74 Å². The molecule has 2 heteroatoms. The minimum Gasteiger partial charge on any atom is -0.360 e. The Labute approximate surface area is 75.7 Å². The summed E-state index contributed by atoms with van der Waals surface area (Å²) in [5.41, 5.74) is 0.265. The van der Waals surface area contributed by atoms with E-state index in [4.69, 9.17) is 4.74 Å². The van der Waals surface area contributed by atoms with Crippen molar-refractivity contribution in [1.82, 2.24) is 5.32 Å². The van der Waals surface area contributed by atoms with Gasteiger partial charge in [-0.05, 0) is 12.8 Å². The maximum atomic E-state index is 5.85. The number of hydrogen-bond donors (Lipinski definition) is 1. The lowest BCUT2D eigenvalue weighted by atomic mass is 9.79. The molecule has 1 aliphatic heterocycles. The van der Waals surface area contributed by atoms with Crippen molar-refractivity contribution in [2.45, 2.75) is 47.0 Å². The Morgan fingerprint density at radius 3 is 2.42 bits per heavy atom. The molecule has 0 radical (unpaired) electrons. The Kier molecular flexibility index (Phi) is 2.79. The summed E-state index contributed by atoms with van der Waals surface area (Å²) in [5.74, 6) is 0.601. The molecule has 12 heavy (non-hydrogen) atoms. The first-order chi connectivity index (χ1) is 5.43. The van der Waals surface area contributed by atoms with Crippen molar-refractivity contribution in [3.05, 3.63) is 0 Å². The highest BCUT2D eigenvalue weighted by atomic mass is 16.5. The number of hydrogen-bond acceptors (Lipinski definition) is 2. The zero-order chi connectivity index (χ0) is 9.35. The molecule has 0 aromatic carbocycles. The molecule has 1 N–H and O–H groups in total. The Morgan fingerprint density at radius 2 is 2.00 bits per heavy atom. The number of ether oxygens (including phenoxy) is 1. The zero-order valence-electron chi connectivity index (χ0n) is 8.85. The monoisotopic (exact) mass is 171 g/mol. The van der Waals surface area contributed by atoms with Gasteiger partial charge in [-0.2, -0.15) is 0 Å². The molecule has 0 aromatic rings. The van der Waals surface area contributed by atoms with E-state index >= 15 is 0 Å². The second-order valence-electron chi connectivity index (χ2n) is 4.81. The minimum absolute atomic E-state index is 0.213. The fraction of sp³-hybridized carbons (Fsp3) is 1.00. The number of rotatable bonds is 1. The van der Waals surface area contributed by atoms with Crippen molar-refractivity contribution < 1.29 is 4.74 Å². The summed E-state index contributed by atoms with van der Waals surface area (Å²) in [4.78, 5) is 0. The molecule has 1 saturated heterocycles. The lowest BCUT2D eigenvalue weighted by Crippen LogP contribution is -2.54. The van der Waals surface area contributed by atoms with E-state index in [0.717, 1.165) is 6.54 Å². The van der Waals surface area contributed by atoms with E-state index in [1.807, 2.05) is 0 Å². The van der Waals surface area contributed by atoms with E-state index in [1.54, 1.807) is 0 Å². The maximum Gasteiger partial charge on any atom is 0.105 e. The molecule has 0 aliphatic carbocycles. The Morgan fingerprint density at radius 1 is 1.42 bits per heavy atom.